The molecule has 3 amide bonds. The van der Waals surface area contributed by atoms with Crippen LogP contribution in [0.25, 0.3) is 10.9 Å². The third-order valence-corrected chi connectivity index (χ3v) is 4.93. The van der Waals surface area contributed by atoms with Gasteiger partial charge in [0.2, 0.25) is 0 Å². The summed E-state index contributed by atoms with van der Waals surface area (Å²) in [6.45, 7) is 1.96. The van der Waals surface area contributed by atoms with Gasteiger partial charge in [0.05, 0.1) is 0 Å². The van der Waals surface area contributed by atoms with Crippen molar-refractivity contribution in [3.63, 3.8) is 0 Å². The predicted molar refractivity (Wildman–Crippen MR) is 106 cm³/mol. The van der Waals surface area contributed by atoms with Crippen molar-refractivity contribution in [2.75, 3.05) is 31.5 Å². The molecule has 1 saturated heterocycles. The average Bonchev–Trinajstić information content (AvgIpc) is 3.12. The van der Waals surface area contributed by atoms with Crippen molar-refractivity contribution < 1.29 is 9.59 Å². The van der Waals surface area contributed by atoms with Gasteiger partial charge in [-0.25, -0.2) is 4.79 Å². The molecule has 0 aliphatic carbocycles. The summed E-state index contributed by atoms with van der Waals surface area (Å²) in [7, 11) is 0. The van der Waals surface area contributed by atoms with Crippen LogP contribution in [0.2, 0.25) is 5.02 Å². The molecular weight excluding hydrogens is 364 g/mol. The van der Waals surface area contributed by atoms with E-state index in [1.807, 2.05) is 30.3 Å². The fraction of sp³-hybridized carbons (Fsp3) is 0.200. The molecule has 1 aliphatic rings. The molecule has 27 heavy (non-hydrogen) atoms. The number of halogens is 1. The zero-order valence-electron chi connectivity index (χ0n) is 14.6. The van der Waals surface area contributed by atoms with Gasteiger partial charge < -0.3 is 20.1 Å². The van der Waals surface area contributed by atoms with E-state index in [0.29, 0.717) is 42.6 Å². The van der Waals surface area contributed by atoms with Crippen LogP contribution in [0.3, 0.4) is 0 Å². The van der Waals surface area contributed by atoms with E-state index in [0.717, 1.165) is 10.9 Å². The van der Waals surface area contributed by atoms with Crippen LogP contribution in [-0.2, 0) is 0 Å². The molecular formula is C20H19ClN4O2. The Morgan fingerprint density at radius 3 is 2.41 bits per heavy atom. The first kappa shape index (κ1) is 17.4. The minimum atomic E-state index is -0.185. The molecule has 0 spiro atoms. The number of fused-ring (bicyclic) bond motifs is 1. The predicted octanol–water partition coefficient (Wildman–Crippen LogP) is 3.81. The van der Waals surface area contributed by atoms with E-state index in [1.165, 1.54) is 0 Å². The number of nitrogens with one attached hydrogen (secondary N) is 2. The Morgan fingerprint density at radius 1 is 0.926 bits per heavy atom. The average molecular weight is 383 g/mol. The van der Waals surface area contributed by atoms with Crippen molar-refractivity contribution in [2.24, 2.45) is 0 Å². The largest absolute Gasteiger partial charge is 0.351 e. The second-order valence-electron chi connectivity index (χ2n) is 6.49. The van der Waals surface area contributed by atoms with E-state index in [4.69, 9.17) is 11.6 Å². The van der Waals surface area contributed by atoms with Crippen LogP contribution in [0.15, 0.2) is 54.6 Å². The number of aromatic amines is 1. The minimum absolute atomic E-state index is 0.0406. The second-order valence-corrected chi connectivity index (χ2v) is 6.93. The number of rotatable bonds is 2. The highest BCUT2D eigenvalue weighted by molar-refractivity contribution is 6.30. The lowest BCUT2D eigenvalue weighted by Crippen LogP contribution is -2.51. The van der Waals surface area contributed by atoms with Crippen LogP contribution in [0.1, 0.15) is 10.5 Å². The fourth-order valence-corrected chi connectivity index (χ4v) is 3.43. The van der Waals surface area contributed by atoms with Gasteiger partial charge in [-0.15, -0.1) is 0 Å². The number of carbonyl (C=O) groups is 2. The van der Waals surface area contributed by atoms with Crippen LogP contribution < -0.4 is 5.32 Å². The Bertz CT molecular complexity index is 959. The summed E-state index contributed by atoms with van der Waals surface area (Å²) in [6, 6.07) is 16.5. The van der Waals surface area contributed by atoms with Crippen molar-refractivity contribution in [1.29, 1.82) is 0 Å². The van der Waals surface area contributed by atoms with E-state index >= 15 is 0 Å². The number of H-pyrrole nitrogens is 1. The summed E-state index contributed by atoms with van der Waals surface area (Å²) >= 11 is 5.94. The third-order valence-electron chi connectivity index (χ3n) is 4.69. The molecule has 2 N–H and O–H groups in total. The Morgan fingerprint density at radius 2 is 1.67 bits per heavy atom. The van der Waals surface area contributed by atoms with Gasteiger partial charge >= 0.3 is 6.03 Å². The number of para-hydroxylation sites is 1. The van der Waals surface area contributed by atoms with Gasteiger partial charge in [0, 0.05) is 47.8 Å². The van der Waals surface area contributed by atoms with Gasteiger partial charge in [-0.05, 0) is 30.3 Å². The normalized spacial score (nSPS) is 14.4. The van der Waals surface area contributed by atoms with Crippen LogP contribution in [0.4, 0.5) is 10.5 Å². The molecule has 6 nitrogen and oxygen atoms in total. The Kier molecular flexibility index (Phi) is 4.73. The quantitative estimate of drug-likeness (QED) is 0.707. The lowest BCUT2D eigenvalue weighted by atomic mass is 10.2. The number of hydrogen-bond acceptors (Lipinski definition) is 2. The molecule has 2 aromatic carbocycles. The van der Waals surface area contributed by atoms with Crippen LogP contribution in [-0.4, -0.2) is 52.9 Å². The van der Waals surface area contributed by atoms with E-state index in [-0.39, 0.29) is 11.9 Å². The molecule has 0 unspecified atom stereocenters. The second kappa shape index (κ2) is 7.32. The first-order valence-corrected chi connectivity index (χ1v) is 9.16. The van der Waals surface area contributed by atoms with Crippen LogP contribution in [0.5, 0.6) is 0 Å². The van der Waals surface area contributed by atoms with Crippen molar-refractivity contribution in [3.05, 3.63) is 65.3 Å². The number of amides is 3. The maximum Gasteiger partial charge on any atom is 0.321 e. The topological polar surface area (TPSA) is 68.4 Å². The summed E-state index contributed by atoms with van der Waals surface area (Å²) in [4.78, 5) is 31.8. The Balaban J connectivity index is 1.36. The van der Waals surface area contributed by atoms with Gasteiger partial charge in [0.1, 0.15) is 5.69 Å². The highest BCUT2D eigenvalue weighted by Gasteiger charge is 2.25. The number of piperazine rings is 1. The first-order valence-electron chi connectivity index (χ1n) is 8.79. The van der Waals surface area contributed by atoms with Crippen molar-refractivity contribution in [1.82, 2.24) is 14.8 Å². The molecule has 7 heteroatoms. The lowest BCUT2D eigenvalue weighted by Gasteiger charge is -2.34. The summed E-state index contributed by atoms with van der Waals surface area (Å²) in [5, 5.41) is 4.42. The number of hydrogen-bond donors (Lipinski definition) is 2. The summed E-state index contributed by atoms with van der Waals surface area (Å²) in [6.07, 6.45) is 0. The maximum atomic E-state index is 12.7. The third kappa shape index (κ3) is 3.75. The van der Waals surface area contributed by atoms with E-state index in [9.17, 15) is 9.59 Å². The standard InChI is InChI=1S/C20H19ClN4O2/c21-15-5-3-6-16(13-15)22-20(27)25-10-8-24(9-11-25)19(26)18-12-14-4-1-2-7-17(14)23-18/h1-7,12-13,23H,8-11H2,(H,22,27). The molecule has 0 bridgehead atoms. The highest BCUT2D eigenvalue weighted by atomic mass is 35.5. The molecule has 1 fully saturated rings. The summed E-state index contributed by atoms with van der Waals surface area (Å²) in [5.74, 6) is -0.0406. The fourth-order valence-electron chi connectivity index (χ4n) is 3.24. The molecule has 0 radical (unpaired) electrons. The van der Waals surface area contributed by atoms with Crippen LogP contribution in [0, 0.1) is 0 Å². The molecule has 1 aliphatic heterocycles. The number of nitrogens with zero attached hydrogens (tertiary/aromatic N) is 2. The summed E-state index contributed by atoms with van der Waals surface area (Å²) < 4.78 is 0. The lowest BCUT2D eigenvalue weighted by molar-refractivity contribution is 0.0667. The van der Waals surface area contributed by atoms with E-state index < -0.39 is 0 Å². The number of urea groups is 1. The van der Waals surface area contributed by atoms with Gasteiger partial charge in [-0.3, -0.25) is 4.79 Å². The molecule has 2 heterocycles. The van der Waals surface area contributed by atoms with Gasteiger partial charge in [0.15, 0.2) is 0 Å². The monoisotopic (exact) mass is 382 g/mol. The molecule has 0 atom stereocenters. The molecule has 4 rings (SSSR count). The summed E-state index contributed by atoms with van der Waals surface area (Å²) in [5.41, 5.74) is 2.18. The van der Waals surface area contributed by atoms with Gasteiger partial charge in [-0.2, -0.15) is 0 Å². The highest BCUT2D eigenvalue weighted by Crippen LogP contribution is 2.18. The van der Waals surface area contributed by atoms with Crippen LogP contribution >= 0.6 is 11.6 Å². The van der Waals surface area contributed by atoms with Crippen molar-refractivity contribution >= 4 is 40.1 Å². The van der Waals surface area contributed by atoms with Gasteiger partial charge in [-0.1, -0.05) is 35.9 Å². The van der Waals surface area contributed by atoms with Gasteiger partial charge in [0.25, 0.3) is 5.91 Å². The minimum Gasteiger partial charge on any atom is -0.351 e. The van der Waals surface area contributed by atoms with Crippen molar-refractivity contribution in [3.8, 4) is 0 Å². The van der Waals surface area contributed by atoms with E-state index in [1.54, 1.807) is 34.1 Å². The maximum absolute atomic E-state index is 12.7. The number of carbonyl (C=O) groups excluding carboxylic acids is 2. The molecule has 0 saturated carbocycles. The first-order chi connectivity index (χ1) is 13.1. The number of benzene rings is 2. The zero-order valence-corrected chi connectivity index (χ0v) is 15.4. The smallest absolute Gasteiger partial charge is 0.321 e. The molecule has 138 valence electrons. The number of anilines is 1. The van der Waals surface area contributed by atoms with E-state index in [2.05, 4.69) is 10.3 Å². The van der Waals surface area contributed by atoms with Crippen molar-refractivity contribution in [2.45, 2.75) is 0 Å². The molecule has 3 aromatic rings. The molecule has 1 aromatic heterocycles. The Labute approximate surface area is 161 Å². The Hall–Kier alpha value is -2.99. The SMILES string of the molecule is O=C(Nc1cccc(Cl)c1)N1CCN(C(=O)c2cc3ccccc3[nH]2)CC1. The number of aromatic nitrogens is 1. The zero-order chi connectivity index (χ0) is 18.8.